The number of fused-ring (bicyclic) bond motifs is 1. The first-order valence-electron chi connectivity index (χ1n) is 6.22. The Balaban J connectivity index is 2.01. The first kappa shape index (κ1) is 13.9. The molecule has 0 fully saturated rings. The predicted octanol–water partition coefficient (Wildman–Crippen LogP) is 4.77. The minimum absolute atomic E-state index is 0.211. The summed E-state index contributed by atoms with van der Waals surface area (Å²) in [5.41, 5.74) is 7.47. The Morgan fingerprint density at radius 2 is 2.10 bits per heavy atom. The molecule has 2 atom stereocenters. The summed E-state index contributed by atoms with van der Waals surface area (Å²) in [6, 6.07) is 10.0. The fraction of sp³-hybridized carbons (Fsp3) is 0.200. The van der Waals surface area contributed by atoms with Gasteiger partial charge >= 0.3 is 0 Å². The van der Waals surface area contributed by atoms with Crippen molar-refractivity contribution in [3.8, 4) is 5.75 Å². The first-order valence-corrected chi connectivity index (χ1v) is 7.39. The van der Waals surface area contributed by atoms with E-state index in [-0.39, 0.29) is 11.9 Å². The average molecular weight is 357 g/mol. The van der Waals surface area contributed by atoms with E-state index < -0.39 is 6.10 Å². The number of rotatable bonds is 1. The van der Waals surface area contributed by atoms with Gasteiger partial charge in [-0.15, -0.1) is 0 Å². The van der Waals surface area contributed by atoms with Gasteiger partial charge in [0, 0.05) is 28.1 Å². The van der Waals surface area contributed by atoms with Gasteiger partial charge in [0.05, 0.1) is 5.02 Å². The van der Waals surface area contributed by atoms with E-state index in [4.69, 9.17) is 22.1 Å². The van der Waals surface area contributed by atoms with E-state index in [1.54, 1.807) is 12.1 Å². The number of hydrogen-bond donors (Lipinski definition) is 1. The summed E-state index contributed by atoms with van der Waals surface area (Å²) in [7, 11) is 0. The summed E-state index contributed by atoms with van der Waals surface area (Å²) < 4.78 is 20.8. The van der Waals surface area contributed by atoms with Crippen molar-refractivity contribution in [1.82, 2.24) is 0 Å². The largest absolute Gasteiger partial charge is 0.485 e. The zero-order valence-electron chi connectivity index (χ0n) is 10.4. The van der Waals surface area contributed by atoms with Crippen LogP contribution in [-0.4, -0.2) is 0 Å². The summed E-state index contributed by atoms with van der Waals surface area (Å²) >= 11 is 9.50. The van der Waals surface area contributed by atoms with Crippen LogP contribution >= 0.6 is 27.5 Å². The average Bonchev–Trinajstić information content (AvgIpc) is 2.39. The highest BCUT2D eigenvalue weighted by atomic mass is 79.9. The molecule has 2 aromatic rings. The summed E-state index contributed by atoms with van der Waals surface area (Å²) in [5.74, 6) is 0.312. The van der Waals surface area contributed by atoms with Crippen molar-refractivity contribution >= 4 is 27.5 Å². The van der Waals surface area contributed by atoms with Crippen LogP contribution in [0.1, 0.15) is 29.7 Å². The fourth-order valence-electron chi connectivity index (χ4n) is 2.47. The lowest BCUT2D eigenvalue weighted by molar-refractivity contribution is 0.157. The molecular weight excluding hydrogens is 345 g/mol. The number of benzene rings is 2. The van der Waals surface area contributed by atoms with E-state index in [0.717, 1.165) is 10.0 Å². The topological polar surface area (TPSA) is 35.2 Å². The Labute approximate surface area is 129 Å². The Morgan fingerprint density at radius 3 is 2.85 bits per heavy atom. The Morgan fingerprint density at radius 1 is 1.30 bits per heavy atom. The highest BCUT2D eigenvalue weighted by Gasteiger charge is 2.30. The van der Waals surface area contributed by atoms with Gasteiger partial charge in [0.25, 0.3) is 0 Å². The van der Waals surface area contributed by atoms with Crippen molar-refractivity contribution < 1.29 is 9.13 Å². The SMILES string of the molecule is N[C@@H]1CC(c2c(F)cccc2Cl)Oc2ccc(Br)cc21. The molecule has 0 bridgehead atoms. The Bertz CT molecular complexity index is 644. The third kappa shape index (κ3) is 2.43. The van der Waals surface area contributed by atoms with Gasteiger partial charge in [0.1, 0.15) is 17.7 Å². The summed E-state index contributed by atoms with van der Waals surface area (Å²) in [6.45, 7) is 0. The molecule has 20 heavy (non-hydrogen) atoms. The zero-order chi connectivity index (χ0) is 14.3. The van der Waals surface area contributed by atoms with E-state index in [1.165, 1.54) is 6.07 Å². The maximum absolute atomic E-state index is 14.0. The second kappa shape index (κ2) is 5.35. The Kier molecular flexibility index (Phi) is 3.71. The highest BCUT2D eigenvalue weighted by molar-refractivity contribution is 9.10. The van der Waals surface area contributed by atoms with Crippen LogP contribution in [0.25, 0.3) is 0 Å². The lowest BCUT2D eigenvalue weighted by Crippen LogP contribution is -2.25. The van der Waals surface area contributed by atoms with Crippen LogP contribution in [0.15, 0.2) is 40.9 Å². The second-order valence-electron chi connectivity index (χ2n) is 4.77. The number of halogens is 3. The molecule has 0 aromatic heterocycles. The van der Waals surface area contributed by atoms with Crippen LogP contribution in [0.4, 0.5) is 4.39 Å². The van der Waals surface area contributed by atoms with Crippen molar-refractivity contribution in [2.75, 3.05) is 0 Å². The first-order chi connectivity index (χ1) is 9.56. The summed E-state index contributed by atoms with van der Waals surface area (Å²) in [5, 5.41) is 0.364. The molecule has 1 unspecified atom stereocenters. The van der Waals surface area contributed by atoms with Crippen LogP contribution < -0.4 is 10.5 Å². The summed E-state index contributed by atoms with van der Waals surface area (Å²) in [6.07, 6.45) is 0.0248. The molecular formula is C15H12BrClFNO. The van der Waals surface area contributed by atoms with E-state index in [9.17, 15) is 4.39 Å². The molecule has 104 valence electrons. The van der Waals surface area contributed by atoms with Gasteiger partial charge in [-0.2, -0.15) is 0 Å². The molecule has 1 heterocycles. The monoisotopic (exact) mass is 355 g/mol. The maximum Gasteiger partial charge on any atom is 0.131 e. The summed E-state index contributed by atoms with van der Waals surface area (Å²) in [4.78, 5) is 0. The van der Waals surface area contributed by atoms with Gasteiger partial charge in [-0.3, -0.25) is 0 Å². The minimum Gasteiger partial charge on any atom is -0.485 e. The molecule has 2 nitrogen and oxygen atoms in total. The standard InChI is InChI=1S/C15H12BrClFNO/c16-8-4-5-13-9(6-8)12(19)7-14(20-13)15-10(17)2-1-3-11(15)18/h1-6,12,14H,7,19H2/t12-,14?/m1/s1. The van der Waals surface area contributed by atoms with Crippen LogP contribution in [-0.2, 0) is 0 Å². The molecule has 1 aliphatic rings. The number of nitrogens with two attached hydrogens (primary N) is 1. The predicted molar refractivity (Wildman–Crippen MR) is 80.5 cm³/mol. The van der Waals surface area contributed by atoms with Crippen molar-refractivity contribution in [2.24, 2.45) is 5.73 Å². The molecule has 0 amide bonds. The van der Waals surface area contributed by atoms with E-state index in [1.807, 2.05) is 18.2 Å². The third-order valence-corrected chi connectivity index (χ3v) is 4.25. The molecule has 3 rings (SSSR count). The van der Waals surface area contributed by atoms with Gasteiger partial charge in [0.2, 0.25) is 0 Å². The van der Waals surface area contributed by atoms with Crippen LogP contribution in [0, 0.1) is 5.82 Å². The van der Waals surface area contributed by atoms with E-state index in [2.05, 4.69) is 15.9 Å². The van der Waals surface area contributed by atoms with E-state index in [0.29, 0.717) is 22.8 Å². The molecule has 2 aromatic carbocycles. The third-order valence-electron chi connectivity index (χ3n) is 3.43. The molecule has 0 aliphatic carbocycles. The molecule has 0 radical (unpaired) electrons. The van der Waals surface area contributed by atoms with Crippen LogP contribution in [0.3, 0.4) is 0 Å². The van der Waals surface area contributed by atoms with Gasteiger partial charge in [-0.1, -0.05) is 33.6 Å². The smallest absolute Gasteiger partial charge is 0.131 e. The molecule has 2 N–H and O–H groups in total. The molecule has 0 spiro atoms. The normalized spacial score (nSPS) is 21.2. The fourth-order valence-corrected chi connectivity index (χ4v) is 3.13. The van der Waals surface area contributed by atoms with Crippen LogP contribution in [0.2, 0.25) is 5.02 Å². The van der Waals surface area contributed by atoms with Gasteiger partial charge in [-0.05, 0) is 30.3 Å². The Hall–Kier alpha value is -1.10. The van der Waals surface area contributed by atoms with Crippen molar-refractivity contribution in [3.05, 3.63) is 62.8 Å². The molecule has 1 aliphatic heterocycles. The van der Waals surface area contributed by atoms with Gasteiger partial charge in [0.15, 0.2) is 0 Å². The van der Waals surface area contributed by atoms with Crippen molar-refractivity contribution in [3.63, 3.8) is 0 Å². The minimum atomic E-state index is -0.465. The van der Waals surface area contributed by atoms with E-state index >= 15 is 0 Å². The molecule has 5 heteroatoms. The lowest BCUT2D eigenvalue weighted by atomic mass is 9.93. The van der Waals surface area contributed by atoms with Gasteiger partial charge in [-0.25, -0.2) is 4.39 Å². The number of ether oxygens (including phenoxy) is 1. The number of hydrogen-bond acceptors (Lipinski definition) is 2. The highest BCUT2D eigenvalue weighted by Crippen LogP contribution is 2.42. The maximum atomic E-state index is 14.0. The van der Waals surface area contributed by atoms with Crippen molar-refractivity contribution in [1.29, 1.82) is 0 Å². The molecule has 0 saturated carbocycles. The molecule has 0 saturated heterocycles. The van der Waals surface area contributed by atoms with Crippen molar-refractivity contribution in [2.45, 2.75) is 18.6 Å². The zero-order valence-corrected chi connectivity index (χ0v) is 12.8. The quantitative estimate of drug-likeness (QED) is 0.799. The van der Waals surface area contributed by atoms with Crippen LogP contribution in [0.5, 0.6) is 5.75 Å². The second-order valence-corrected chi connectivity index (χ2v) is 6.09. The van der Waals surface area contributed by atoms with Gasteiger partial charge < -0.3 is 10.5 Å². The lowest BCUT2D eigenvalue weighted by Gasteiger charge is -2.31.